The van der Waals surface area contributed by atoms with Crippen molar-refractivity contribution in [2.24, 2.45) is 0 Å². The van der Waals surface area contributed by atoms with Crippen molar-refractivity contribution in [3.8, 4) is 0 Å². The molecular formula is C14H13FN2O2. The van der Waals surface area contributed by atoms with Gasteiger partial charge in [-0.3, -0.25) is 0 Å². The Morgan fingerprint density at radius 1 is 1.26 bits per heavy atom. The van der Waals surface area contributed by atoms with Gasteiger partial charge in [0.15, 0.2) is 0 Å². The Bertz CT molecular complexity index is 641. The second-order valence-corrected chi connectivity index (χ2v) is 4.18. The molecule has 2 aromatic rings. The summed E-state index contributed by atoms with van der Waals surface area (Å²) < 4.78 is 13.6. The summed E-state index contributed by atoms with van der Waals surface area (Å²) in [5.74, 6) is -1.54. The van der Waals surface area contributed by atoms with Gasteiger partial charge >= 0.3 is 5.97 Å². The minimum Gasteiger partial charge on any atom is -0.478 e. The second kappa shape index (κ2) is 4.97. The number of para-hydroxylation sites is 1. The zero-order valence-corrected chi connectivity index (χ0v) is 10.3. The quantitative estimate of drug-likeness (QED) is 0.741. The number of benzene rings is 2. The number of hydrogen-bond donors (Lipinski definition) is 3. The Labute approximate surface area is 109 Å². The Morgan fingerprint density at radius 2 is 2.00 bits per heavy atom. The van der Waals surface area contributed by atoms with Gasteiger partial charge in [-0.05, 0) is 36.8 Å². The highest BCUT2D eigenvalue weighted by Gasteiger charge is 2.12. The molecular weight excluding hydrogens is 247 g/mol. The number of carbonyl (C=O) groups is 1. The van der Waals surface area contributed by atoms with Crippen molar-refractivity contribution in [1.29, 1.82) is 0 Å². The number of aromatic carboxylic acids is 1. The number of anilines is 3. The van der Waals surface area contributed by atoms with Crippen molar-refractivity contribution >= 4 is 23.0 Å². The van der Waals surface area contributed by atoms with Crippen molar-refractivity contribution in [1.82, 2.24) is 0 Å². The van der Waals surface area contributed by atoms with Gasteiger partial charge in [-0.1, -0.05) is 12.1 Å². The molecule has 0 atom stereocenters. The molecule has 0 aromatic heterocycles. The number of nitrogens with two attached hydrogens (primary N) is 1. The lowest BCUT2D eigenvalue weighted by Crippen LogP contribution is -2.05. The zero-order chi connectivity index (χ0) is 14.0. The molecule has 0 saturated carbocycles. The molecule has 5 heteroatoms. The minimum atomic E-state index is -1.12. The molecule has 0 bridgehead atoms. The summed E-state index contributed by atoms with van der Waals surface area (Å²) in [6.45, 7) is 1.83. The number of nitrogens with one attached hydrogen (secondary N) is 1. The van der Waals surface area contributed by atoms with Crippen LogP contribution in [0.3, 0.4) is 0 Å². The van der Waals surface area contributed by atoms with E-state index in [1.807, 2.05) is 6.92 Å². The first-order valence-electron chi connectivity index (χ1n) is 5.64. The van der Waals surface area contributed by atoms with Crippen molar-refractivity contribution in [2.75, 3.05) is 11.1 Å². The maximum Gasteiger partial charge on any atom is 0.337 e. The monoisotopic (exact) mass is 260 g/mol. The van der Waals surface area contributed by atoms with E-state index in [0.29, 0.717) is 5.69 Å². The molecule has 4 N–H and O–H groups in total. The summed E-state index contributed by atoms with van der Waals surface area (Å²) in [5.41, 5.74) is 7.33. The molecule has 4 nitrogen and oxygen atoms in total. The fraction of sp³-hybridized carbons (Fsp3) is 0.0714. The van der Waals surface area contributed by atoms with E-state index in [4.69, 9.17) is 10.8 Å². The molecule has 0 aliphatic heterocycles. The zero-order valence-electron chi connectivity index (χ0n) is 10.3. The van der Waals surface area contributed by atoms with E-state index >= 15 is 0 Å². The predicted octanol–water partition coefficient (Wildman–Crippen LogP) is 3.16. The van der Waals surface area contributed by atoms with Crippen LogP contribution < -0.4 is 11.1 Å². The molecule has 0 aliphatic rings. The lowest BCUT2D eigenvalue weighted by atomic mass is 10.1. The molecule has 19 heavy (non-hydrogen) atoms. The third-order valence-electron chi connectivity index (χ3n) is 2.73. The smallest absolute Gasteiger partial charge is 0.337 e. The van der Waals surface area contributed by atoms with Gasteiger partial charge in [0.25, 0.3) is 0 Å². The fourth-order valence-electron chi connectivity index (χ4n) is 1.74. The third kappa shape index (κ3) is 2.65. The van der Waals surface area contributed by atoms with Gasteiger partial charge in [0.1, 0.15) is 5.82 Å². The minimum absolute atomic E-state index is 0.0157. The average Bonchev–Trinajstić information content (AvgIpc) is 2.36. The van der Waals surface area contributed by atoms with Crippen molar-refractivity contribution < 1.29 is 14.3 Å². The van der Waals surface area contributed by atoms with Crippen LogP contribution in [0.25, 0.3) is 0 Å². The highest BCUT2D eigenvalue weighted by molar-refractivity contribution is 5.97. The topological polar surface area (TPSA) is 75.3 Å². The number of carboxylic acid groups (broad SMARTS) is 1. The van der Waals surface area contributed by atoms with Gasteiger partial charge < -0.3 is 16.2 Å². The fourth-order valence-corrected chi connectivity index (χ4v) is 1.74. The molecule has 2 rings (SSSR count). The maximum atomic E-state index is 13.6. The normalized spacial score (nSPS) is 10.2. The van der Waals surface area contributed by atoms with E-state index in [1.54, 1.807) is 24.3 Å². The number of aryl methyl sites for hydroxylation is 1. The second-order valence-electron chi connectivity index (χ2n) is 4.18. The van der Waals surface area contributed by atoms with Crippen LogP contribution in [0, 0.1) is 12.7 Å². The molecule has 0 heterocycles. The van der Waals surface area contributed by atoms with E-state index in [2.05, 4.69) is 5.32 Å². The van der Waals surface area contributed by atoms with Crippen molar-refractivity contribution in [3.63, 3.8) is 0 Å². The third-order valence-corrected chi connectivity index (χ3v) is 2.73. The number of rotatable bonds is 3. The first kappa shape index (κ1) is 12.9. The molecule has 0 unspecified atom stereocenters. The molecule has 98 valence electrons. The Kier molecular flexibility index (Phi) is 3.37. The predicted molar refractivity (Wildman–Crippen MR) is 72.2 cm³/mol. The van der Waals surface area contributed by atoms with E-state index in [9.17, 15) is 9.18 Å². The summed E-state index contributed by atoms with van der Waals surface area (Å²) in [7, 11) is 0. The molecule has 0 fully saturated rings. The summed E-state index contributed by atoms with van der Waals surface area (Å²) in [4.78, 5) is 11.0. The molecule has 0 radical (unpaired) electrons. The van der Waals surface area contributed by atoms with Gasteiger partial charge in [0.2, 0.25) is 0 Å². The number of hydrogen-bond acceptors (Lipinski definition) is 3. The van der Waals surface area contributed by atoms with Crippen LogP contribution in [0.15, 0.2) is 36.4 Å². The van der Waals surface area contributed by atoms with Gasteiger partial charge in [0.05, 0.1) is 22.6 Å². The molecule has 0 aliphatic carbocycles. The largest absolute Gasteiger partial charge is 0.478 e. The molecule has 0 spiro atoms. The van der Waals surface area contributed by atoms with E-state index in [1.165, 1.54) is 12.1 Å². The Morgan fingerprint density at radius 3 is 2.68 bits per heavy atom. The van der Waals surface area contributed by atoms with Crippen LogP contribution in [0.4, 0.5) is 21.5 Å². The van der Waals surface area contributed by atoms with Crippen LogP contribution in [0.2, 0.25) is 0 Å². The Hall–Kier alpha value is -2.56. The molecule has 0 amide bonds. The summed E-state index contributed by atoms with van der Waals surface area (Å²) in [6, 6.07) is 9.17. The SMILES string of the molecule is Cc1ccc(F)c(Nc2cccc(C(=O)O)c2N)c1. The lowest BCUT2D eigenvalue weighted by Gasteiger charge is -2.12. The molecule has 0 saturated heterocycles. The van der Waals surface area contributed by atoms with Crippen LogP contribution >= 0.6 is 0 Å². The van der Waals surface area contributed by atoms with Crippen molar-refractivity contribution in [2.45, 2.75) is 6.92 Å². The highest BCUT2D eigenvalue weighted by atomic mass is 19.1. The number of nitrogen functional groups attached to an aromatic ring is 1. The van der Waals surface area contributed by atoms with Crippen LogP contribution in [-0.4, -0.2) is 11.1 Å². The summed E-state index contributed by atoms with van der Waals surface area (Å²) in [6.07, 6.45) is 0. The Balaban J connectivity index is 2.41. The van der Waals surface area contributed by atoms with E-state index < -0.39 is 11.8 Å². The highest BCUT2D eigenvalue weighted by Crippen LogP contribution is 2.28. The maximum absolute atomic E-state index is 13.6. The number of carboxylic acids is 1. The first-order chi connectivity index (χ1) is 8.99. The number of halogens is 1. The van der Waals surface area contributed by atoms with E-state index in [0.717, 1.165) is 5.56 Å². The average molecular weight is 260 g/mol. The van der Waals surface area contributed by atoms with Crippen LogP contribution in [0.1, 0.15) is 15.9 Å². The van der Waals surface area contributed by atoms with E-state index in [-0.39, 0.29) is 16.9 Å². The summed E-state index contributed by atoms with van der Waals surface area (Å²) in [5, 5.41) is 11.8. The van der Waals surface area contributed by atoms with Gasteiger partial charge in [0, 0.05) is 0 Å². The van der Waals surface area contributed by atoms with Gasteiger partial charge in [-0.25, -0.2) is 9.18 Å². The standard InChI is InChI=1S/C14H13FN2O2/c1-8-5-6-10(15)12(7-8)17-11-4-2-3-9(13(11)16)14(18)19/h2-7,17H,16H2,1H3,(H,18,19). The first-order valence-corrected chi connectivity index (χ1v) is 5.64. The summed E-state index contributed by atoms with van der Waals surface area (Å²) >= 11 is 0. The van der Waals surface area contributed by atoms with Crippen molar-refractivity contribution in [3.05, 3.63) is 53.3 Å². The van der Waals surface area contributed by atoms with Gasteiger partial charge in [-0.2, -0.15) is 0 Å². The van der Waals surface area contributed by atoms with Crippen LogP contribution in [-0.2, 0) is 0 Å². The molecule has 2 aromatic carbocycles. The van der Waals surface area contributed by atoms with Gasteiger partial charge in [-0.15, -0.1) is 0 Å². The lowest BCUT2D eigenvalue weighted by molar-refractivity contribution is 0.0698. The van der Waals surface area contributed by atoms with Crippen LogP contribution in [0.5, 0.6) is 0 Å².